The van der Waals surface area contributed by atoms with Gasteiger partial charge in [0.2, 0.25) is 5.60 Å². The fourth-order valence-corrected chi connectivity index (χ4v) is 5.34. The van der Waals surface area contributed by atoms with Crippen molar-refractivity contribution >= 4 is 5.97 Å². The van der Waals surface area contributed by atoms with E-state index in [1.54, 1.807) is 6.92 Å². The van der Waals surface area contributed by atoms with Gasteiger partial charge in [0, 0.05) is 18.8 Å². The van der Waals surface area contributed by atoms with Gasteiger partial charge in [0.25, 0.3) is 6.10 Å². The normalized spacial score (nSPS) is 31.7. The van der Waals surface area contributed by atoms with Gasteiger partial charge >= 0.3 is 5.97 Å². The fourth-order valence-electron chi connectivity index (χ4n) is 5.34. The summed E-state index contributed by atoms with van der Waals surface area (Å²) in [5.41, 5.74) is -3.95. The molecule has 37 heavy (non-hydrogen) atoms. The van der Waals surface area contributed by atoms with Crippen molar-refractivity contribution in [3.8, 4) is 0 Å². The molecular formula is C31H53O6+. The first kappa shape index (κ1) is 31.9. The molecule has 0 aromatic carbocycles. The van der Waals surface area contributed by atoms with Crippen molar-refractivity contribution in [2.75, 3.05) is 0 Å². The lowest BCUT2D eigenvalue weighted by Crippen LogP contribution is -2.50. The Balaban J connectivity index is 2.12. The van der Waals surface area contributed by atoms with Crippen molar-refractivity contribution in [2.45, 2.75) is 142 Å². The predicted molar refractivity (Wildman–Crippen MR) is 147 cm³/mol. The Kier molecular flexibility index (Phi) is 9.83. The van der Waals surface area contributed by atoms with Crippen LogP contribution in [0.1, 0.15) is 114 Å². The maximum atomic E-state index is 13.2. The number of aliphatic hydroxyl groups is 3. The minimum atomic E-state index is -1.75. The molecule has 212 valence electrons. The first-order chi connectivity index (χ1) is 16.8. The average Bonchev–Trinajstić information content (AvgIpc) is 2.80. The molecule has 6 nitrogen and oxygen atoms in total. The highest BCUT2D eigenvalue weighted by Gasteiger charge is 2.54. The molecule has 0 aromatic rings. The Hall–Kier alpha value is -1.34. The lowest BCUT2D eigenvalue weighted by atomic mass is 9.76. The van der Waals surface area contributed by atoms with Crippen LogP contribution in [0.3, 0.4) is 0 Å². The number of ether oxygens (including phenoxy) is 2. The number of esters is 1. The van der Waals surface area contributed by atoms with Crippen LogP contribution < -0.4 is 0 Å². The van der Waals surface area contributed by atoms with E-state index in [-0.39, 0.29) is 30.6 Å². The standard InChI is InChI=1S/C31H53O6/c1-21(2)29(34)18-15-27(9,16-19-29)36-25(8)31(35,23(5)6)20-17-28(10,33)26(32)37-30(22(3)4)13-11-24(7)12-14-30/h11,15,18,21-23,33-35H,12-14,16-17,19-20H2,1-10H3/q+1. The third-order valence-electron chi connectivity index (χ3n) is 9.22. The van der Waals surface area contributed by atoms with E-state index in [0.29, 0.717) is 25.4 Å². The summed E-state index contributed by atoms with van der Waals surface area (Å²) in [4.78, 5) is 13.2. The van der Waals surface area contributed by atoms with Crippen LogP contribution in [-0.2, 0) is 14.3 Å². The number of hydrogen-bond acceptors (Lipinski definition) is 6. The highest BCUT2D eigenvalue weighted by Crippen LogP contribution is 2.43. The van der Waals surface area contributed by atoms with Gasteiger partial charge in [-0.1, -0.05) is 59.3 Å². The van der Waals surface area contributed by atoms with Gasteiger partial charge in [-0.15, -0.1) is 0 Å². The molecule has 0 amide bonds. The van der Waals surface area contributed by atoms with Crippen LogP contribution in [0.25, 0.3) is 0 Å². The van der Waals surface area contributed by atoms with Crippen LogP contribution in [0.4, 0.5) is 0 Å². The summed E-state index contributed by atoms with van der Waals surface area (Å²) in [6.07, 6.45) is 9.88. The summed E-state index contributed by atoms with van der Waals surface area (Å²) in [6.45, 7) is 19.2. The zero-order valence-corrected chi connectivity index (χ0v) is 25.0. The molecule has 5 unspecified atom stereocenters. The predicted octanol–water partition coefficient (Wildman–Crippen LogP) is 6.04. The molecule has 0 bridgehead atoms. The molecule has 0 saturated carbocycles. The van der Waals surface area contributed by atoms with Gasteiger partial charge in [0.15, 0.2) is 5.60 Å². The van der Waals surface area contributed by atoms with Gasteiger partial charge in [-0.3, -0.25) is 0 Å². The molecule has 0 fully saturated rings. The maximum Gasteiger partial charge on any atom is 0.338 e. The van der Waals surface area contributed by atoms with Crippen molar-refractivity contribution in [2.24, 2.45) is 17.8 Å². The summed E-state index contributed by atoms with van der Waals surface area (Å²) < 4.78 is 12.4. The van der Waals surface area contributed by atoms with Crippen LogP contribution in [0.2, 0.25) is 0 Å². The van der Waals surface area contributed by atoms with Crippen molar-refractivity contribution in [1.29, 1.82) is 0 Å². The molecule has 5 atom stereocenters. The zero-order valence-electron chi connectivity index (χ0n) is 25.0. The van der Waals surface area contributed by atoms with E-state index in [9.17, 15) is 20.1 Å². The first-order valence-electron chi connectivity index (χ1n) is 14.1. The van der Waals surface area contributed by atoms with Crippen LogP contribution in [0.15, 0.2) is 23.8 Å². The summed E-state index contributed by atoms with van der Waals surface area (Å²) in [6, 6.07) is 0. The van der Waals surface area contributed by atoms with Gasteiger partial charge in [-0.2, -0.15) is 4.74 Å². The molecule has 0 aliphatic heterocycles. The SMILES string of the molecule is CC1=CCC(OC(=O)C(C)(O)CCC(O)([C+](C)OC2(C)C=CC(O)(C(C)C)CC2)C(C)C)(C(C)C)CC1. The van der Waals surface area contributed by atoms with E-state index in [2.05, 4.69) is 13.0 Å². The highest BCUT2D eigenvalue weighted by molar-refractivity contribution is 5.79. The molecule has 0 aromatic heterocycles. The lowest BCUT2D eigenvalue weighted by molar-refractivity contribution is -0.189. The Morgan fingerprint density at radius 2 is 1.68 bits per heavy atom. The van der Waals surface area contributed by atoms with Gasteiger partial charge in [0.1, 0.15) is 18.1 Å². The highest BCUT2D eigenvalue weighted by atomic mass is 16.6. The summed E-state index contributed by atoms with van der Waals surface area (Å²) in [5, 5.41) is 33.7. The monoisotopic (exact) mass is 521 g/mol. The van der Waals surface area contributed by atoms with Crippen LogP contribution in [0, 0.1) is 23.9 Å². The second kappa shape index (κ2) is 11.4. The Morgan fingerprint density at radius 1 is 1.05 bits per heavy atom. The second-order valence-electron chi connectivity index (χ2n) is 13.2. The fraction of sp³-hybridized carbons (Fsp3) is 0.806. The van der Waals surface area contributed by atoms with Gasteiger partial charge in [0.05, 0.1) is 5.60 Å². The average molecular weight is 522 g/mol. The van der Waals surface area contributed by atoms with Crippen molar-refractivity contribution in [3.05, 3.63) is 29.9 Å². The van der Waals surface area contributed by atoms with Crippen LogP contribution in [0.5, 0.6) is 0 Å². The Labute approximate surface area is 225 Å². The molecule has 2 rings (SSSR count). The van der Waals surface area contributed by atoms with E-state index in [1.807, 2.05) is 60.6 Å². The summed E-state index contributed by atoms with van der Waals surface area (Å²) in [5.74, 6) is -0.646. The Bertz CT molecular complexity index is 858. The smallest absolute Gasteiger partial charge is 0.338 e. The molecule has 0 radical (unpaired) electrons. The molecule has 2 aliphatic rings. The van der Waals surface area contributed by atoms with Crippen LogP contribution >= 0.6 is 0 Å². The van der Waals surface area contributed by atoms with Gasteiger partial charge < -0.3 is 20.1 Å². The topological polar surface area (TPSA) is 96.2 Å². The van der Waals surface area contributed by atoms with E-state index < -0.39 is 34.0 Å². The quantitative estimate of drug-likeness (QED) is 0.174. The molecule has 6 heteroatoms. The van der Waals surface area contributed by atoms with Gasteiger partial charge in [-0.05, 0) is 70.8 Å². The van der Waals surface area contributed by atoms with E-state index in [1.165, 1.54) is 12.5 Å². The molecule has 0 saturated heterocycles. The lowest BCUT2D eigenvalue weighted by Gasteiger charge is -2.41. The Morgan fingerprint density at radius 3 is 2.11 bits per heavy atom. The molecular weight excluding hydrogens is 468 g/mol. The number of carbonyl (C=O) groups excluding carboxylic acids is 1. The minimum Gasteiger partial charge on any atom is -0.456 e. The van der Waals surface area contributed by atoms with Crippen LogP contribution in [-0.4, -0.2) is 49.3 Å². The summed E-state index contributed by atoms with van der Waals surface area (Å²) >= 11 is 0. The van der Waals surface area contributed by atoms with Crippen molar-refractivity contribution in [1.82, 2.24) is 0 Å². The summed E-state index contributed by atoms with van der Waals surface area (Å²) in [7, 11) is 0. The van der Waals surface area contributed by atoms with Crippen molar-refractivity contribution < 1.29 is 29.6 Å². The number of allylic oxidation sites excluding steroid dienone is 1. The van der Waals surface area contributed by atoms with E-state index >= 15 is 0 Å². The number of rotatable bonds is 11. The largest absolute Gasteiger partial charge is 0.456 e. The van der Waals surface area contributed by atoms with E-state index in [4.69, 9.17) is 9.47 Å². The zero-order chi connectivity index (χ0) is 28.4. The molecule has 0 heterocycles. The third kappa shape index (κ3) is 7.20. The first-order valence-corrected chi connectivity index (χ1v) is 14.1. The second-order valence-corrected chi connectivity index (χ2v) is 13.2. The van der Waals surface area contributed by atoms with Crippen molar-refractivity contribution in [3.63, 3.8) is 0 Å². The number of carbonyl (C=O) groups is 1. The molecule has 2 aliphatic carbocycles. The minimum absolute atomic E-state index is 0.0317. The third-order valence-corrected chi connectivity index (χ3v) is 9.22. The molecule has 3 N–H and O–H groups in total. The van der Waals surface area contributed by atoms with Gasteiger partial charge in [-0.25, -0.2) is 4.79 Å². The maximum absolute atomic E-state index is 13.2. The molecule has 0 spiro atoms. The van der Waals surface area contributed by atoms with E-state index in [0.717, 1.165) is 12.8 Å². The number of hydrogen-bond donors (Lipinski definition) is 3.